The highest BCUT2D eigenvalue weighted by Gasteiger charge is 2.26. The Morgan fingerprint density at radius 1 is 1.32 bits per heavy atom. The number of aryl methyl sites for hydroxylation is 1. The summed E-state index contributed by atoms with van der Waals surface area (Å²) in [6, 6.07) is 4.38. The van der Waals surface area contributed by atoms with Crippen LogP contribution in [-0.2, 0) is 16.1 Å². The number of amides is 2. The molecule has 1 saturated carbocycles. The zero-order chi connectivity index (χ0) is 21.5. The average molecular weight is 418 g/mol. The molecule has 1 aliphatic carbocycles. The number of pyridine rings is 1. The molecule has 0 atom stereocenters. The van der Waals surface area contributed by atoms with Gasteiger partial charge < -0.3 is 10.2 Å². The van der Waals surface area contributed by atoms with Gasteiger partial charge >= 0.3 is 0 Å². The molecule has 2 N–H and O–H groups in total. The maximum absolute atomic E-state index is 12.0. The van der Waals surface area contributed by atoms with E-state index in [4.69, 9.17) is 9.97 Å². The first kappa shape index (κ1) is 19.2. The molecule has 0 bridgehead atoms. The maximum Gasteiger partial charge on any atom is 0.254 e. The Morgan fingerprint density at radius 3 is 2.87 bits per heavy atom. The van der Waals surface area contributed by atoms with Gasteiger partial charge in [-0.1, -0.05) is 0 Å². The van der Waals surface area contributed by atoms with Gasteiger partial charge in [0.05, 0.1) is 12.6 Å². The highest BCUT2D eigenvalue weighted by Crippen LogP contribution is 2.27. The minimum atomic E-state index is -0.375. The van der Waals surface area contributed by atoms with Gasteiger partial charge in [-0.3, -0.25) is 19.9 Å². The second kappa shape index (κ2) is 7.46. The fourth-order valence-corrected chi connectivity index (χ4v) is 3.52. The van der Waals surface area contributed by atoms with E-state index in [1.807, 2.05) is 31.0 Å². The molecular formula is C21H22N8O2. The highest BCUT2D eigenvalue weighted by molar-refractivity contribution is 6.15. The lowest BCUT2D eigenvalue weighted by atomic mass is 10.1. The van der Waals surface area contributed by atoms with Gasteiger partial charge in [-0.2, -0.15) is 19.6 Å². The molecule has 31 heavy (non-hydrogen) atoms. The third kappa shape index (κ3) is 3.96. The quantitative estimate of drug-likeness (QED) is 0.456. The van der Waals surface area contributed by atoms with Gasteiger partial charge in [0, 0.05) is 42.7 Å². The van der Waals surface area contributed by atoms with E-state index in [0.29, 0.717) is 41.3 Å². The zero-order valence-electron chi connectivity index (χ0n) is 17.3. The van der Waals surface area contributed by atoms with E-state index in [1.54, 1.807) is 23.0 Å². The van der Waals surface area contributed by atoms with Crippen LogP contribution < -0.4 is 15.5 Å². The molecule has 10 nitrogen and oxygen atoms in total. The molecule has 3 aromatic heterocycles. The Hall–Kier alpha value is -3.82. The number of anilines is 2. The van der Waals surface area contributed by atoms with Crippen molar-refractivity contribution in [2.45, 2.75) is 38.8 Å². The number of nitrogens with zero attached hydrogens (tertiary/aromatic N) is 6. The van der Waals surface area contributed by atoms with Crippen molar-refractivity contribution >= 4 is 35.4 Å². The summed E-state index contributed by atoms with van der Waals surface area (Å²) in [6.07, 6.45) is 7.34. The van der Waals surface area contributed by atoms with Crippen molar-refractivity contribution < 1.29 is 9.59 Å². The molecule has 1 saturated heterocycles. The summed E-state index contributed by atoms with van der Waals surface area (Å²) in [5.74, 6) is 0.473. The number of fused-ring (bicyclic) bond motifs is 1. The number of carbonyl (C=O) groups is 2. The lowest BCUT2D eigenvalue weighted by Crippen LogP contribution is -2.21. The van der Waals surface area contributed by atoms with E-state index < -0.39 is 0 Å². The van der Waals surface area contributed by atoms with Crippen molar-refractivity contribution in [2.75, 3.05) is 17.3 Å². The van der Waals surface area contributed by atoms with Gasteiger partial charge in [-0.15, -0.1) is 0 Å². The van der Waals surface area contributed by atoms with E-state index in [2.05, 4.69) is 20.7 Å². The molecule has 0 aromatic carbocycles. The third-order valence-electron chi connectivity index (χ3n) is 5.24. The van der Waals surface area contributed by atoms with Crippen LogP contribution in [0.25, 0.3) is 11.7 Å². The van der Waals surface area contributed by atoms with Crippen molar-refractivity contribution in [3.63, 3.8) is 0 Å². The lowest BCUT2D eigenvalue weighted by molar-refractivity contribution is -0.124. The Kier molecular flexibility index (Phi) is 4.61. The first-order valence-corrected chi connectivity index (χ1v) is 10.2. The fourth-order valence-electron chi connectivity index (χ4n) is 3.52. The molecule has 0 radical (unpaired) electrons. The van der Waals surface area contributed by atoms with Gasteiger partial charge in [-0.05, 0) is 43.5 Å². The topological polar surface area (TPSA) is 117 Å². The maximum atomic E-state index is 12.0. The molecule has 3 aromatic rings. The SMILES string of the molecule is Cc1cc(CN(C)c2nc(NC3CC3)n3ncc(/C=C4\CC(=O)NC4=O)c3n2)ccn1. The van der Waals surface area contributed by atoms with Gasteiger partial charge in [0.2, 0.25) is 17.8 Å². The standard InChI is InChI=1S/C21H22N8O2/c1-12-7-13(5-6-22-12)11-28(2)20-26-18-15(8-14-9-17(30)25-19(14)31)10-23-29(18)21(27-20)24-16-3-4-16/h5-8,10,16H,3-4,9,11H2,1-2H3,(H,24,26,27)(H,25,30,31)/b14-8+. The number of aromatic nitrogens is 5. The zero-order valence-corrected chi connectivity index (χ0v) is 17.3. The summed E-state index contributed by atoms with van der Waals surface area (Å²) in [5.41, 5.74) is 3.69. The monoisotopic (exact) mass is 418 g/mol. The Labute approximate surface area is 178 Å². The summed E-state index contributed by atoms with van der Waals surface area (Å²) in [4.78, 5) is 39.2. The largest absolute Gasteiger partial charge is 0.351 e. The normalized spacial score (nSPS) is 17.4. The van der Waals surface area contributed by atoms with Crippen LogP contribution in [0.15, 0.2) is 30.1 Å². The number of nitrogens with one attached hydrogen (secondary N) is 2. The number of rotatable bonds is 6. The number of hydrogen-bond donors (Lipinski definition) is 2. The van der Waals surface area contributed by atoms with E-state index in [9.17, 15) is 9.59 Å². The molecule has 10 heteroatoms. The van der Waals surface area contributed by atoms with Gasteiger partial charge in [-0.25, -0.2) is 0 Å². The Morgan fingerprint density at radius 2 is 2.16 bits per heavy atom. The summed E-state index contributed by atoms with van der Waals surface area (Å²) in [6.45, 7) is 2.57. The third-order valence-corrected chi connectivity index (χ3v) is 5.24. The minimum absolute atomic E-state index is 0.0581. The van der Waals surface area contributed by atoms with E-state index in [-0.39, 0.29) is 18.2 Å². The summed E-state index contributed by atoms with van der Waals surface area (Å²) in [5, 5.41) is 10.1. The van der Waals surface area contributed by atoms with Crippen LogP contribution in [0.4, 0.5) is 11.9 Å². The molecule has 4 heterocycles. The predicted octanol–water partition coefficient (Wildman–Crippen LogP) is 1.47. The molecule has 158 valence electrons. The first-order valence-electron chi connectivity index (χ1n) is 10.2. The summed E-state index contributed by atoms with van der Waals surface area (Å²) < 4.78 is 1.65. The van der Waals surface area contributed by atoms with Gasteiger partial charge in [0.25, 0.3) is 5.91 Å². The van der Waals surface area contributed by atoms with Crippen molar-refractivity contribution in [1.82, 2.24) is 29.9 Å². The lowest BCUT2D eigenvalue weighted by Gasteiger charge is -2.19. The van der Waals surface area contributed by atoms with Crippen molar-refractivity contribution in [3.05, 3.63) is 46.9 Å². The molecule has 2 aliphatic rings. The Bertz CT molecular complexity index is 1230. The van der Waals surface area contributed by atoms with Crippen molar-refractivity contribution in [1.29, 1.82) is 0 Å². The number of hydrogen-bond acceptors (Lipinski definition) is 8. The van der Waals surface area contributed by atoms with Crippen LogP contribution in [0, 0.1) is 6.92 Å². The molecule has 2 amide bonds. The van der Waals surface area contributed by atoms with Crippen LogP contribution in [0.5, 0.6) is 0 Å². The molecular weight excluding hydrogens is 396 g/mol. The molecule has 2 fully saturated rings. The Balaban J connectivity index is 1.54. The van der Waals surface area contributed by atoms with E-state index in [1.165, 1.54) is 0 Å². The van der Waals surface area contributed by atoms with Crippen LogP contribution in [0.2, 0.25) is 0 Å². The average Bonchev–Trinajstić information content (AvgIpc) is 3.36. The minimum Gasteiger partial charge on any atom is -0.351 e. The second-order valence-electron chi connectivity index (χ2n) is 7.99. The molecule has 5 rings (SSSR count). The second-order valence-corrected chi connectivity index (χ2v) is 7.99. The number of carbonyl (C=O) groups excluding carboxylic acids is 2. The van der Waals surface area contributed by atoms with Crippen molar-refractivity contribution in [2.24, 2.45) is 0 Å². The van der Waals surface area contributed by atoms with Crippen molar-refractivity contribution in [3.8, 4) is 0 Å². The fraction of sp³-hybridized carbons (Fsp3) is 0.333. The van der Waals surface area contributed by atoms with Gasteiger partial charge in [0.1, 0.15) is 0 Å². The van der Waals surface area contributed by atoms with Crippen LogP contribution in [0.1, 0.15) is 36.1 Å². The summed E-state index contributed by atoms with van der Waals surface area (Å²) in [7, 11) is 1.93. The molecule has 1 aliphatic heterocycles. The van der Waals surface area contributed by atoms with Crippen LogP contribution in [0.3, 0.4) is 0 Å². The van der Waals surface area contributed by atoms with E-state index >= 15 is 0 Å². The first-order chi connectivity index (χ1) is 15.0. The van der Waals surface area contributed by atoms with E-state index in [0.717, 1.165) is 24.1 Å². The van der Waals surface area contributed by atoms with Crippen LogP contribution >= 0.6 is 0 Å². The summed E-state index contributed by atoms with van der Waals surface area (Å²) >= 11 is 0. The number of imide groups is 1. The van der Waals surface area contributed by atoms with Gasteiger partial charge in [0.15, 0.2) is 5.65 Å². The highest BCUT2D eigenvalue weighted by atomic mass is 16.2. The van der Waals surface area contributed by atoms with Crippen LogP contribution in [-0.4, -0.2) is 49.5 Å². The smallest absolute Gasteiger partial charge is 0.254 e. The predicted molar refractivity (Wildman–Crippen MR) is 114 cm³/mol. The molecule has 0 spiro atoms. The molecule has 0 unspecified atom stereocenters.